The number of nitrogens with zero attached hydrogens (tertiary/aromatic N) is 1. The zero-order valence-electron chi connectivity index (χ0n) is 17.3. The van der Waals surface area contributed by atoms with Crippen LogP contribution in [0.1, 0.15) is 37.0 Å². The van der Waals surface area contributed by atoms with Gasteiger partial charge in [0.1, 0.15) is 6.04 Å². The van der Waals surface area contributed by atoms with E-state index in [-0.39, 0.29) is 11.8 Å². The van der Waals surface area contributed by atoms with Crippen LogP contribution in [0.3, 0.4) is 0 Å². The van der Waals surface area contributed by atoms with E-state index >= 15 is 0 Å². The molecule has 0 saturated heterocycles. The number of amides is 2. The second-order valence-corrected chi connectivity index (χ2v) is 8.31. The first kappa shape index (κ1) is 23.3. The molecular weight excluding hydrogens is 404 g/mol. The number of hydrogen-bond donors (Lipinski definition) is 1. The van der Waals surface area contributed by atoms with E-state index in [2.05, 4.69) is 24.4 Å². The van der Waals surface area contributed by atoms with Crippen LogP contribution >= 0.6 is 23.4 Å². The van der Waals surface area contributed by atoms with Crippen LogP contribution in [-0.4, -0.2) is 35.1 Å². The van der Waals surface area contributed by atoms with Crippen LogP contribution in [0.15, 0.2) is 48.5 Å². The van der Waals surface area contributed by atoms with Gasteiger partial charge in [-0.25, -0.2) is 0 Å². The zero-order chi connectivity index (χ0) is 21.2. The summed E-state index contributed by atoms with van der Waals surface area (Å²) in [6.07, 6.45) is 0.563. The van der Waals surface area contributed by atoms with E-state index in [4.69, 9.17) is 11.6 Å². The average molecular weight is 433 g/mol. The van der Waals surface area contributed by atoms with Gasteiger partial charge in [-0.05, 0) is 49.1 Å². The fourth-order valence-electron chi connectivity index (χ4n) is 3.10. The topological polar surface area (TPSA) is 49.4 Å². The molecule has 0 saturated carbocycles. The third kappa shape index (κ3) is 7.09. The molecule has 4 nitrogen and oxygen atoms in total. The molecule has 0 heterocycles. The van der Waals surface area contributed by atoms with Crippen LogP contribution in [0.4, 0.5) is 0 Å². The molecule has 0 aliphatic heterocycles. The van der Waals surface area contributed by atoms with E-state index in [1.54, 1.807) is 28.8 Å². The Morgan fingerprint density at radius 2 is 1.79 bits per heavy atom. The second-order valence-electron chi connectivity index (χ2n) is 6.89. The molecule has 1 N–H and O–H groups in total. The minimum absolute atomic E-state index is 0.0309. The number of aryl methyl sites for hydroxylation is 1. The summed E-state index contributed by atoms with van der Waals surface area (Å²) in [6.45, 7) is 6.82. The maximum atomic E-state index is 13.1. The molecule has 0 bridgehead atoms. The molecule has 0 spiro atoms. The Morgan fingerprint density at radius 1 is 1.10 bits per heavy atom. The van der Waals surface area contributed by atoms with Crippen molar-refractivity contribution in [2.24, 2.45) is 0 Å². The van der Waals surface area contributed by atoms with Gasteiger partial charge in [-0.1, -0.05) is 54.9 Å². The van der Waals surface area contributed by atoms with Crippen molar-refractivity contribution in [1.29, 1.82) is 0 Å². The lowest BCUT2D eigenvalue weighted by molar-refractivity contribution is -0.139. The normalized spacial score (nSPS) is 11.7. The van der Waals surface area contributed by atoms with Gasteiger partial charge in [-0.15, -0.1) is 11.8 Å². The number of likely N-dealkylation sites (N-methyl/N-ethyl adjacent to an activating group) is 1. The summed E-state index contributed by atoms with van der Waals surface area (Å²) < 4.78 is 0. The van der Waals surface area contributed by atoms with Crippen LogP contribution in [0.2, 0.25) is 5.02 Å². The van der Waals surface area contributed by atoms with E-state index in [9.17, 15) is 9.59 Å². The lowest BCUT2D eigenvalue weighted by Gasteiger charge is -2.30. The Bertz CT molecular complexity index is 811. The summed E-state index contributed by atoms with van der Waals surface area (Å²) in [5.41, 5.74) is 3.40. The maximum Gasteiger partial charge on any atom is 0.242 e. The molecule has 0 aliphatic carbocycles. The predicted molar refractivity (Wildman–Crippen MR) is 122 cm³/mol. The first-order valence-corrected chi connectivity index (χ1v) is 11.4. The predicted octanol–water partition coefficient (Wildman–Crippen LogP) is 4.83. The first-order chi connectivity index (χ1) is 14.0. The Morgan fingerprint density at radius 3 is 2.41 bits per heavy atom. The van der Waals surface area contributed by atoms with Crippen molar-refractivity contribution in [2.75, 3.05) is 12.3 Å². The third-order valence-corrected chi connectivity index (χ3v) is 5.97. The molecule has 2 rings (SSSR count). The Kier molecular flexibility index (Phi) is 9.55. The van der Waals surface area contributed by atoms with E-state index in [1.165, 1.54) is 11.1 Å². The molecule has 2 aromatic rings. The largest absolute Gasteiger partial charge is 0.355 e. The molecule has 0 fully saturated rings. The molecule has 1 atom stereocenters. The molecular formula is C23H29ClN2O2S. The van der Waals surface area contributed by atoms with E-state index in [1.807, 2.05) is 38.1 Å². The van der Waals surface area contributed by atoms with Crippen molar-refractivity contribution in [1.82, 2.24) is 10.2 Å². The number of nitrogens with one attached hydrogen (secondary N) is 1. The van der Waals surface area contributed by atoms with Gasteiger partial charge in [0.15, 0.2) is 0 Å². The Labute approximate surface area is 183 Å². The zero-order valence-corrected chi connectivity index (χ0v) is 18.9. The summed E-state index contributed by atoms with van der Waals surface area (Å²) in [5.74, 6) is 0.959. The van der Waals surface area contributed by atoms with Gasteiger partial charge >= 0.3 is 0 Å². The molecule has 6 heteroatoms. The number of carbonyl (C=O) groups excluding carboxylic acids is 2. The van der Waals surface area contributed by atoms with E-state index < -0.39 is 6.04 Å². The highest BCUT2D eigenvalue weighted by Crippen LogP contribution is 2.19. The van der Waals surface area contributed by atoms with Crippen molar-refractivity contribution in [3.8, 4) is 0 Å². The Balaban J connectivity index is 2.11. The second kappa shape index (κ2) is 11.9. The molecule has 0 aromatic heterocycles. The van der Waals surface area contributed by atoms with Gasteiger partial charge in [0.2, 0.25) is 11.8 Å². The van der Waals surface area contributed by atoms with Crippen molar-refractivity contribution in [3.05, 3.63) is 70.2 Å². The lowest BCUT2D eigenvalue weighted by atomic mass is 10.1. The van der Waals surface area contributed by atoms with Crippen molar-refractivity contribution >= 4 is 35.2 Å². The number of rotatable bonds is 10. The van der Waals surface area contributed by atoms with Gasteiger partial charge in [0, 0.05) is 23.9 Å². The molecule has 0 unspecified atom stereocenters. The quantitative estimate of drug-likeness (QED) is 0.585. The summed E-state index contributed by atoms with van der Waals surface area (Å²) >= 11 is 7.56. The summed E-state index contributed by atoms with van der Waals surface area (Å²) in [4.78, 5) is 27.4. The van der Waals surface area contributed by atoms with E-state index in [0.29, 0.717) is 30.3 Å². The first-order valence-electron chi connectivity index (χ1n) is 9.90. The van der Waals surface area contributed by atoms with Gasteiger partial charge < -0.3 is 10.2 Å². The van der Waals surface area contributed by atoms with Gasteiger partial charge in [-0.2, -0.15) is 0 Å². The third-order valence-electron chi connectivity index (χ3n) is 4.75. The molecule has 0 aliphatic rings. The number of hydrogen-bond acceptors (Lipinski definition) is 3. The molecule has 2 amide bonds. The van der Waals surface area contributed by atoms with Crippen molar-refractivity contribution in [3.63, 3.8) is 0 Å². The standard InChI is InChI=1S/C23H29ClN2O2S/c1-4-21(23(28)25-5-2)26(14-18-10-12-20(24)13-11-18)22(27)16-29-15-19-9-7-6-8-17(19)3/h6-13,21H,4-5,14-16H2,1-3H3,(H,25,28)/t21-/m0/s1. The fraction of sp³-hybridized carbons (Fsp3) is 0.391. The average Bonchev–Trinajstić information content (AvgIpc) is 2.71. The van der Waals surface area contributed by atoms with E-state index in [0.717, 1.165) is 11.3 Å². The fourth-order valence-corrected chi connectivity index (χ4v) is 4.21. The Hall–Kier alpha value is -1.98. The molecule has 29 heavy (non-hydrogen) atoms. The van der Waals surface area contributed by atoms with Crippen molar-refractivity contribution < 1.29 is 9.59 Å². The smallest absolute Gasteiger partial charge is 0.242 e. The van der Waals surface area contributed by atoms with Crippen LogP contribution in [-0.2, 0) is 21.9 Å². The summed E-state index contributed by atoms with van der Waals surface area (Å²) in [5, 5.41) is 3.50. The number of carbonyl (C=O) groups is 2. The van der Waals surface area contributed by atoms with Crippen LogP contribution in [0.25, 0.3) is 0 Å². The maximum absolute atomic E-state index is 13.1. The van der Waals surface area contributed by atoms with Crippen molar-refractivity contribution in [2.45, 2.75) is 45.5 Å². The highest BCUT2D eigenvalue weighted by Gasteiger charge is 2.28. The number of halogens is 1. The highest BCUT2D eigenvalue weighted by molar-refractivity contribution is 7.99. The van der Waals surface area contributed by atoms with Gasteiger partial charge in [0.05, 0.1) is 5.75 Å². The van der Waals surface area contributed by atoms with Gasteiger partial charge in [0.25, 0.3) is 0 Å². The molecule has 2 aromatic carbocycles. The lowest BCUT2D eigenvalue weighted by Crippen LogP contribution is -2.49. The molecule has 0 radical (unpaired) electrons. The minimum atomic E-state index is -0.489. The monoisotopic (exact) mass is 432 g/mol. The highest BCUT2D eigenvalue weighted by atomic mass is 35.5. The number of thioether (sulfide) groups is 1. The SMILES string of the molecule is CCNC(=O)[C@H](CC)N(Cc1ccc(Cl)cc1)C(=O)CSCc1ccccc1C. The summed E-state index contributed by atoms with van der Waals surface area (Å²) in [6, 6.07) is 15.1. The number of benzene rings is 2. The van der Waals surface area contributed by atoms with Crippen LogP contribution in [0.5, 0.6) is 0 Å². The van der Waals surface area contributed by atoms with Crippen LogP contribution in [0, 0.1) is 6.92 Å². The van der Waals surface area contributed by atoms with Crippen LogP contribution < -0.4 is 5.32 Å². The summed E-state index contributed by atoms with van der Waals surface area (Å²) in [7, 11) is 0. The van der Waals surface area contributed by atoms with Gasteiger partial charge in [-0.3, -0.25) is 9.59 Å². The molecule has 156 valence electrons. The minimum Gasteiger partial charge on any atom is -0.355 e.